The summed E-state index contributed by atoms with van der Waals surface area (Å²) in [7, 11) is 0. The molecule has 0 saturated carbocycles. The van der Waals surface area contributed by atoms with Crippen LogP contribution in [0.5, 0.6) is 0 Å². The molecule has 2 aromatic rings. The summed E-state index contributed by atoms with van der Waals surface area (Å²) in [6.45, 7) is 3.31. The zero-order valence-corrected chi connectivity index (χ0v) is 14.5. The number of halogens is 3. The number of carbonyl (C=O) groups is 1. The number of likely N-dealkylation sites (tertiary alicyclic amines) is 1. The molecule has 7 heteroatoms. The summed E-state index contributed by atoms with van der Waals surface area (Å²) in [4.78, 5) is 18.7. The van der Waals surface area contributed by atoms with E-state index in [4.69, 9.17) is 0 Å². The van der Waals surface area contributed by atoms with E-state index in [2.05, 4.69) is 15.2 Å². The lowest BCUT2D eigenvalue weighted by Gasteiger charge is -2.26. The zero-order valence-electron chi connectivity index (χ0n) is 14.5. The lowest BCUT2D eigenvalue weighted by atomic mass is 10.0. The van der Waals surface area contributed by atoms with Crippen LogP contribution < -0.4 is 5.32 Å². The molecule has 0 spiro atoms. The Morgan fingerprint density at radius 2 is 1.88 bits per heavy atom. The van der Waals surface area contributed by atoms with Crippen LogP contribution in [0.4, 0.5) is 13.2 Å². The van der Waals surface area contributed by atoms with Gasteiger partial charge in [0, 0.05) is 18.1 Å². The molecule has 1 saturated heterocycles. The third-order valence-electron chi connectivity index (χ3n) is 4.69. The largest absolute Gasteiger partial charge is 0.417 e. The van der Waals surface area contributed by atoms with Crippen LogP contribution in [0, 0.1) is 0 Å². The maximum absolute atomic E-state index is 13.6. The van der Waals surface area contributed by atoms with E-state index in [-0.39, 0.29) is 10.9 Å². The van der Waals surface area contributed by atoms with E-state index >= 15 is 0 Å². The summed E-state index contributed by atoms with van der Waals surface area (Å²) in [6, 6.07) is 5.98. The quantitative estimate of drug-likeness (QED) is 0.819. The first kappa shape index (κ1) is 18.6. The van der Waals surface area contributed by atoms with Crippen molar-refractivity contribution in [3.63, 3.8) is 0 Å². The van der Waals surface area contributed by atoms with Gasteiger partial charge in [-0.3, -0.25) is 9.78 Å². The Balaban J connectivity index is 1.69. The lowest BCUT2D eigenvalue weighted by Crippen LogP contribution is -2.33. The Labute approximate surface area is 150 Å². The Hall–Kier alpha value is -2.15. The van der Waals surface area contributed by atoms with Crippen molar-refractivity contribution >= 4 is 16.8 Å². The molecule has 1 aromatic carbocycles. The van der Waals surface area contributed by atoms with E-state index in [0.29, 0.717) is 13.0 Å². The van der Waals surface area contributed by atoms with E-state index in [1.807, 2.05) is 0 Å². The molecule has 0 atom stereocenters. The molecule has 1 aromatic heterocycles. The Morgan fingerprint density at radius 3 is 2.62 bits per heavy atom. The molecule has 0 unspecified atom stereocenters. The molecule has 0 radical (unpaired) electrons. The Morgan fingerprint density at radius 1 is 1.15 bits per heavy atom. The summed E-state index contributed by atoms with van der Waals surface area (Å²) in [6.07, 6.45) is 0.735. The van der Waals surface area contributed by atoms with Crippen LogP contribution >= 0.6 is 0 Å². The van der Waals surface area contributed by atoms with E-state index < -0.39 is 23.2 Å². The van der Waals surface area contributed by atoms with Crippen LogP contribution in [0.25, 0.3) is 10.9 Å². The smallest absolute Gasteiger partial charge is 0.352 e. The van der Waals surface area contributed by atoms with Crippen LogP contribution in [-0.2, 0) is 6.18 Å². The summed E-state index contributed by atoms with van der Waals surface area (Å²) < 4.78 is 40.7. The highest BCUT2D eigenvalue weighted by molar-refractivity contribution is 6.00. The van der Waals surface area contributed by atoms with Crippen molar-refractivity contribution in [1.82, 2.24) is 15.2 Å². The monoisotopic (exact) mass is 365 g/mol. The van der Waals surface area contributed by atoms with Gasteiger partial charge in [-0.05, 0) is 45.0 Å². The van der Waals surface area contributed by atoms with Gasteiger partial charge in [0.1, 0.15) is 0 Å². The fraction of sp³-hybridized carbons (Fsp3) is 0.474. The molecule has 1 N–H and O–H groups in total. The number of hydrogen-bond donors (Lipinski definition) is 1. The van der Waals surface area contributed by atoms with Gasteiger partial charge in [-0.1, -0.05) is 24.6 Å². The van der Waals surface area contributed by atoms with E-state index in [1.54, 1.807) is 6.07 Å². The lowest BCUT2D eigenvalue weighted by molar-refractivity contribution is -0.136. The van der Waals surface area contributed by atoms with Crippen molar-refractivity contribution in [1.29, 1.82) is 0 Å². The molecule has 0 aliphatic carbocycles. The highest BCUT2D eigenvalue weighted by atomic mass is 19.4. The molecular formula is C19H22F3N3O. The van der Waals surface area contributed by atoms with Crippen LogP contribution in [0.1, 0.15) is 41.6 Å². The van der Waals surface area contributed by atoms with Crippen LogP contribution in [0.2, 0.25) is 0 Å². The number of amides is 1. The third kappa shape index (κ3) is 4.33. The minimum atomic E-state index is -4.62. The second kappa shape index (κ2) is 8.03. The van der Waals surface area contributed by atoms with Gasteiger partial charge in [0.15, 0.2) is 0 Å². The molecule has 26 heavy (non-hydrogen) atoms. The number of para-hydroxylation sites is 1. The molecule has 0 bridgehead atoms. The first-order valence-corrected chi connectivity index (χ1v) is 8.92. The van der Waals surface area contributed by atoms with E-state index in [0.717, 1.165) is 25.8 Å². The van der Waals surface area contributed by atoms with Gasteiger partial charge >= 0.3 is 6.18 Å². The maximum Gasteiger partial charge on any atom is 0.417 e. The van der Waals surface area contributed by atoms with Crippen LogP contribution in [0.3, 0.4) is 0 Å². The van der Waals surface area contributed by atoms with Gasteiger partial charge in [0.25, 0.3) is 5.91 Å². The molecule has 3 rings (SSSR count). The second-order valence-electron chi connectivity index (χ2n) is 6.57. The van der Waals surface area contributed by atoms with Crippen molar-refractivity contribution in [3.8, 4) is 0 Å². The highest BCUT2D eigenvalue weighted by Gasteiger charge is 2.37. The average Bonchev–Trinajstić information content (AvgIpc) is 2.64. The fourth-order valence-corrected chi connectivity index (χ4v) is 3.40. The number of carbonyl (C=O) groups excluding carboxylic acids is 1. The molecule has 4 nitrogen and oxygen atoms in total. The number of aromatic nitrogens is 1. The summed E-state index contributed by atoms with van der Waals surface area (Å²) >= 11 is 0. The van der Waals surface area contributed by atoms with Gasteiger partial charge in [-0.15, -0.1) is 0 Å². The molecule has 1 aliphatic rings. The zero-order chi connectivity index (χ0) is 18.6. The highest BCUT2D eigenvalue weighted by Crippen LogP contribution is 2.36. The van der Waals surface area contributed by atoms with Crippen molar-refractivity contribution in [2.75, 3.05) is 26.2 Å². The Bertz CT molecular complexity index is 770. The number of rotatable bonds is 5. The Kier molecular flexibility index (Phi) is 5.76. The number of nitrogens with zero attached hydrogens (tertiary/aromatic N) is 2. The van der Waals surface area contributed by atoms with Crippen molar-refractivity contribution in [3.05, 3.63) is 41.6 Å². The SMILES string of the molecule is O=C(NCCCN1CCCCC1)c1cnc2ccccc2c1C(F)(F)F. The van der Waals surface area contributed by atoms with Gasteiger partial charge < -0.3 is 10.2 Å². The van der Waals surface area contributed by atoms with Crippen molar-refractivity contribution in [2.45, 2.75) is 31.9 Å². The average molecular weight is 365 g/mol. The molecular weight excluding hydrogens is 343 g/mol. The predicted octanol–water partition coefficient (Wildman–Crippen LogP) is 3.86. The number of alkyl halides is 3. The summed E-state index contributed by atoms with van der Waals surface area (Å²) in [5.41, 5.74) is -1.12. The summed E-state index contributed by atoms with van der Waals surface area (Å²) in [5, 5.41) is 2.56. The normalized spacial score (nSPS) is 16.0. The van der Waals surface area contributed by atoms with E-state index in [1.165, 1.54) is 37.5 Å². The molecule has 1 amide bonds. The van der Waals surface area contributed by atoms with Gasteiger partial charge in [-0.2, -0.15) is 13.2 Å². The first-order chi connectivity index (χ1) is 12.5. The fourth-order valence-electron chi connectivity index (χ4n) is 3.40. The third-order valence-corrected chi connectivity index (χ3v) is 4.69. The second-order valence-corrected chi connectivity index (χ2v) is 6.57. The maximum atomic E-state index is 13.6. The topological polar surface area (TPSA) is 45.2 Å². The van der Waals surface area contributed by atoms with Gasteiger partial charge in [0.2, 0.25) is 0 Å². The van der Waals surface area contributed by atoms with Crippen LogP contribution in [-0.4, -0.2) is 42.0 Å². The number of hydrogen-bond acceptors (Lipinski definition) is 3. The number of nitrogens with one attached hydrogen (secondary N) is 1. The van der Waals surface area contributed by atoms with Crippen molar-refractivity contribution < 1.29 is 18.0 Å². The van der Waals surface area contributed by atoms with Gasteiger partial charge in [-0.25, -0.2) is 0 Å². The standard InChI is InChI=1S/C19H22F3N3O/c20-19(21,22)17-14-7-2-3-8-16(14)24-13-15(17)18(26)23-9-6-12-25-10-4-1-5-11-25/h2-3,7-8,13H,1,4-6,9-12H2,(H,23,26). The summed E-state index contributed by atoms with van der Waals surface area (Å²) in [5.74, 6) is -0.728. The molecule has 2 heterocycles. The first-order valence-electron chi connectivity index (χ1n) is 8.92. The molecule has 1 aliphatic heterocycles. The van der Waals surface area contributed by atoms with Gasteiger partial charge in [0.05, 0.1) is 16.6 Å². The number of benzene rings is 1. The predicted molar refractivity (Wildman–Crippen MR) is 94.0 cm³/mol. The number of piperidine rings is 1. The van der Waals surface area contributed by atoms with E-state index in [9.17, 15) is 18.0 Å². The minimum Gasteiger partial charge on any atom is -0.352 e. The molecule has 1 fully saturated rings. The number of pyridine rings is 1. The molecule has 140 valence electrons. The van der Waals surface area contributed by atoms with Crippen molar-refractivity contribution in [2.24, 2.45) is 0 Å². The van der Waals surface area contributed by atoms with Crippen LogP contribution in [0.15, 0.2) is 30.5 Å². The minimum absolute atomic E-state index is 0.0547. The number of fused-ring (bicyclic) bond motifs is 1.